The zero-order valence-corrected chi connectivity index (χ0v) is 16.5. The minimum Gasteiger partial charge on any atom is -0.497 e. The Balaban J connectivity index is 1.90. The molecule has 0 spiro atoms. The Hall–Kier alpha value is -2.83. The minimum absolute atomic E-state index is 0.0881. The van der Waals surface area contributed by atoms with E-state index >= 15 is 0 Å². The summed E-state index contributed by atoms with van der Waals surface area (Å²) in [4.78, 5) is 33.2. The lowest BCUT2D eigenvalue weighted by molar-refractivity contribution is -0.129. The SMILES string of the molecule is COc1ccc(C2c3c(nc(OC)[nH]c3=O)NC3CC(C)(C)CC(=O)C32)cc1. The lowest BCUT2D eigenvalue weighted by Crippen LogP contribution is -2.51. The van der Waals surface area contributed by atoms with Crippen molar-refractivity contribution < 1.29 is 14.3 Å². The number of methoxy groups -OCH3 is 2. The lowest BCUT2D eigenvalue weighted by Gasteiger charge is -2.46. The molecule has 0 amide bonds. The van der Waals surface area contributed by atoms with Gasteiger partial charge in [-0.25, -0.2) is 0 Å². The molecule has 0 radical (unpaired) electrons. The first-order valence-electron chi connectivity index (χ1n) is 9.44. The van der Waals surface area contributed by atoms with Crippen LogP contribution in [0, 0.1) is 11.3 Å². The molecule has 2 N–H and O–H groups in total. The molecule has 2 aromatic rings. The van der Waals surface area contributed by atoms with Crippen molar-refractivity contribution >= 4 is 11.6 Å². The van der Waals surface area contributed by atoms with Gasteiger partial charge in [0.05, 0.1) is 19.8 Å². The second-order valence-corrected chi connectivity index (χ2v) is 8.38. The predicted octanol–water partition coefficient (Wildman–Crippen LogP) is 2.72. The summed E-state index contributed by atoms with van der Waals surface area (Å²) in [7, 11) is 3.07. The number of ketones is 1. The van der Waals surface area contributed by atoms with Gasteiger partial charge in [0.25, 0.3) is 11.6 Å². The average molecular weight is 383 g/mol. The molecule has 2 heterocycles. The van der Waals surface area contributed by atoms with Crippen LogP contribution < -0.4 is 20.3 Å². The van der Waals surface area contributed by atoms with Crippen molar-refractivity contribution in [3.05, 3.63) is 45.7 Å². The van der Waals surface area contributed by atoms with Crippen LogP contribution in [0.25, 0.3) is 0 Å². The number of anilines is 1. The fourth-order valence-electron chi connectivity index (χ4n) is 4.66. The van der Waals surface area contributed by atoms with E-state index in [1.54, 1.807) is 7.11 Å². The smallest absolute Gasteiger partial charge is 0.298 e. The molecule has 7 nitrogen and oxygen atoms in total. The molecule has 1 saturated carbocycles. The maximum atomic E-state index is 13.2. The number of nitrogens with one attached hydrogen (secondary N) is 2. The summed E-state index contributed by atoms with van der Waals surface area (Å²) >= 11 is 0. The molecule has 1 aromatic carbocycles. The van der Waals surface area contributed by atoms with Gasteiger partial charge in [-0.2, -0.15) is 4.98 Å². The van der Waals surface area contributed by atoms with Crippen molar-refractivity contribution in [3.8, 4) is 11.8 Å². The van der Waals surface area contributed by atoms with Gasteiger partial charge >= 0.3 is 0 Å². The maximum absolute atomic E-state index is 13.2. The average Bonchev–Trinajstić information content (AvgIpc) is 2.65. The summed E-state index contributed by atoms with van der Waals surface area (Å²) in [5.74, 6) is 0.721. The van der Waals surface area contributed by atoms with Crippen molar-refractivity contribution in [2.45, 2.75) is 38.6 Å². The first kappa shape index (κ1) is 18.5. The van der Waals surface area contributed by atoms with Gasteiger partial charge < -0.3 is 14.8 Å². The quantitative estimate of drug-likeness (QED) is 0.847. The highest BCUT2D eigenvalue weighted by Crippen LogP contribution is 2.48. The normalized spacial score (nSPS) is 25.3. The molecular weight excluding hydrogens is 358 g/mol. The Kier molecular flexibility index (Phi) is 4.40. The van der Waals surface area contributed by atoms with E-state index in [9.17, 15) is 9.59 Å². The van der Waals surface area contributed by atoms with Crippen LogP contribution in [0.1, 0.15) is 43.7 Å². The predicted molar refractivity (Wildman–Crippen MR) is 105 cm³/mol. The fraction of sp³-hybridized carbons (Fsp3) is 0.476. The Morgan fingerprint density at radius 1 is 1.11 bits per heavy atom. The van der Waals surface area contributed by atoms with Crippen LogP contribution in [0.15, 0.2) is 29.1 Å². The van der Waals surface area contributed by atoms with Gasteiger partial charge in [0, 0.05) is 24.3 Å². The first-order chi connectivity index (χ1) is 13.3. The standard InChI is InChI=1S/C21H25N3O4/c1-21(2)9-13-16(14(25)10-21)15(11-5-7-12(27-3)8-6-11)17-18(22-13)23-20(28-4)24-19(17)26/h5-8,13,15-16H,9-10H2,1-4H3,(H2,22,23,24,26). The maximum Gasteiger partial charge on any atom is 0.298 e. The fourth-order valence-corrected chi connectivity index (χ4v) is 4.66. The molecule has 1 fully saturated rings. The number of benzene rings is 1. The summed E-state index contributed by atoms with van der Waals surface area (Å²) in [6.45, 7) is 4.21. The molecule has 28 heavy (non-hydrogen) atoms. The number of aromatic amines is 1. The van der Waals surface area contributed by atoms with Crippen molar-refractivity contribution in [1.29, 1.82) is 0 Å². The van der Waals surface area contributed by atoms with Gasteiger partial charge in [-0.15, -0.1) is 0 Å². The topological polar surface area (TPSA) is 93.3 Å². The number of ether oxygens (including phenoxy) is 2. The summed E-state index contributed by atoms with van der Waals surface area (Å²) in [5.41, 5.74) is 1.01. The van der Waals surface area contributed by atoms with Gasteiger partial charge in [0.15, 0.2) is 0 Å². The van der Waals surface area contributed by atoms with Gasteiger partial charge in [-0.1, -0.05) is 26.0 Å². The number of hydrogen-bond donors (Lipinski definition) is 2. The third-order valence-corrected chi connectivity index (χ3v) is 5.82. The third kappa shape index (κ3) is 3.04. The van der Waals surface area contributed by atoms with E-state index in [1.165, 1.54) is 7.11 Å². The largest absolute Gasteiger partial charge is 0.497 e. The number of H-pyrrole nitrogens is 1. The molecule has 148 valence electrons. The molecule has 1 aromatic heterocycles. The van der Waals surface area contributed by atoms with Crippen molar-refractivity contribution in [3.63, 3.8) is 0 Å². The Labute approximate surface area is 163 Å². The van der Waals surface area contributed by atoms with E-state index in [1.807, 2.05) is 24.3 Å². The molecule has 0 saturated heterocycles. The Morgan fingerprint density at radius 2 is 1.82 bits per heavy atom. The van der Waals surface area contributed by atoms with Crippen LogP contribution in [0.3, 0.4) is 0 Å². The highest BCUT2D eigenvalue weighted by Gasteiger charge is 2.49. The number of aromatic nitrogens is 2. The molecule has 1 aliphatic carbocycles. The van der Waals surface area contributed by atoms with Crippen LogP contribution >= 0.6 is 0 Å². The Bertz CT molecular complexity index is 965. The molecule has 3 atom stereocenters. The molecule has 2 aliphatic rings. The van der Waals surface area contributed by atoms with E-state index < -0.39 is 0 Å². The van der Waals surface area contributed by atoms with Crippen molar-refractivity contribution in [2.75, 3.05) is 19.5 Å². The summed E-state index contributed by atoms with van der Waals surface area (Å²) in [6.07, 6.45) is 1.33. The van der Waals surface area contributed by atoms with Gasteiger partial charge in [-0.05, 0) is 29.5 Å². The van der Waals surface area contributed by atoms with E-state index in [4.69, 9.17) is 9.47 Å². The highest BCUT2D eigenvalue weighted by molar-refractivity contribution is 5.86. The zero-order chi connectivity index (χ0) is 20.1. The summed E-state index contributed by atoms with van der Waals surface area (Å²) in [5, 5.41) is 3.37. The van der Waals surface area contributed by atoms with Crippen LogP contribution in [0.5, 0.6) is 11.8 Å². The Morgan fingerprint density at radius 3 is 2.46 bits per heavy atom. The van der Waals surface area contributed by atoms with Crippen molar-refractivity contribution in [1.82, 2.24) is 9.97 Å². The summed E-state index contributed by atoms with van der Waals surface area (Å²) < 4.78 is 10.4. The molecular formula is C21H25N3O4. The number of rotatable bonds is 3. The van der Waals surface area contributed by atoms with Gasteiger partial charge in [0.1, 0.15) is 17.4 Å². The number of Topliss-reactive ketones (excluding diaryl/α,β-unsaturated/α-hetero) is 1. The molecule has 1 aliphatic heterocycles. The molecule has 7 heteroatoms. The number of carbonyl (C=O) groups excluding carboxylic acids is 1. The number of carbonyl (C=O) groups is 1. The summed E-state index contributed by atoms with van der Waals surface area (Å²) in [6, 6.07) is 7.63. The third-order valence-electron chi connectivity index (χ3n) is 5.82. The second kappa shape index (κ2) is 6.65. The van der Waals surface area contributed by atoms with Crippen LogP contribution in [-0.2, 0) is 4.79 Å². The van der Waals surface area contributed by atoms with Gasteiger partial charge in [0.2, 0.25) is 0 Å². The second-order valence-electron chi connectivity index (χ2n) is 8.38. The molecule has 0 bridgehead atoms. The molecule has 4 rings (SSSR count). The zero-order valence-electron chi connectivity index (χ0n) is 16.5. The van der Waals surface area contributed by atoms with E-state index in [-0.39, 0.29) is 40.6 Å². The first-order valence-corrected chi connectivity index (χ1v) is 9.44. The number of hydrogen-bond acceptors (Lipinski definition) is 6. The van der Waals surface area contributed by atoms with Crippen molar-refractivity contribution in [2.24, 2.45) is 11.3 Å². The minimum atomic E-state index is -0.363. The lowest BCUT2D eigenvalue weighted by atomic mass is 9.62. The number of fused-ring (bicyclic) bond motifs is 2. The van der Waals surface area contributed by atoms with Crippen LogP contribution in [-0.4, -0.2) is 36.0 Å². The number of nitrogens with zero attached hydrogens (tertiary/aromatic N) is 1. The van der Waals surface area contributed by atoms with E-state index in [0.717, 1.165) is 17.7 Å². The van der Waals surface area contributed by atoms with Crippen LogP contribution in [0.4, 0.5) is 5.82 Å². The van der Waals surface area contributed by atoms with E-state index in [0.29, 0.717) is 17.8 Å². The van der Waals surface area contributed by atoms with Gasteiger partial charge in [-0.3, -0.25) is 14.6 Å². The molecule has 3 unspecified atom stereocenters. The highest BCUT2D eigenvalue weighted by atomic mass is 16.5. The monoisotopic (exact) mass is 383 g/mol. The van der Waals surface area contributed by atoms with Crippen LogP contribution in [0.2, 0.25) is 0 Å². The van der Waals surface area contributed by atoms with E-state index in [2.05, 4.69) is 29.1 Å².